The molecular formula is C24H32N2O2S. The first kappa shape index (κ1) is 21.6. The maximum atomic E-state index is 14.1. The van der Waals surface area contributed by atoms with Crippen molar-refractivity contribution in [3.05, 3.63) is 58.4 Å². The first-order chi connectivity index (χ1) is 13.4. The SMILES string of the molecule is Cc1ccc2nc(C)n(S(=O)(=O)c3c(C(C)C)cc(C(C)C)cc3C(C)C)c2c1. The van der Waals surface area contributed by atoms with Gasteiger partial charge in [-0.05, 0) is 66.0 Å². The first-order valence-electron chi connectivity index (χ1n) is 10.3. The normalized spacial score (nSPS) is 12.7. The summed E-state index contributed by atoms with van der Waals surface area (Å²) < 4.78 is 29.6. The third-order valence-corrected chi connectivity index (χ3v) is 7.43. The molecular weight excluding hydrogens is 380 g/mol. The van der Waals surface area contributed by atoms with Crippen LogP contribution in [0.2, 0.25) is 0 Å². The molecule has 1 aromatic heterocycles. The lowest BCUT2D eigenvalue weighted by atomic mass is 9.89. The highest BCUT2D eigenvalue weighted by molar-refractivity contribution is 7.90. The number of hydrogen-bond acceptors (Lipinski definition) is 3. The van der Waals surface area contributed by atoms with Gasteiger partial charge >= 0.3 is 0 Å². The van der Waals surface area contributed by atoms with Gasteiger partial charge in [-0.15, -0.1) is 0 Å². The lowest BCUT2D eigenvalue weighted by Gasteiger charge is -2.23. The number of fused-ring (bicyclic) bond motifs is 1. The molecule has 3 rings (SSSR count). The molecule has 0 unspecified atom stereocenters. The van der Waals surface area contributed by atoms with E-state index in [0.29, 0.717) is 27.7 Å². The van der Waals surface area contributed by atoms with Gasteiger partial charge in [0, 0.05) is 0 Å². The van der Waals surface area contributed by atoms with Crippen LogP contribution in [0, 0.1) is 13.8 Å². The average Bonchev–Trinajstić information content (AvgIpc) is 2.95. The predicted octanol–water partition coefficient (Wildman–Crippen LogP) is 6.26. The molecule has 1 heterocycles. The number of aromatic nitrogens is 2. The maximum absolute atomic E-state index is 14.1. The molecule has 4 nitrogen and oxygen atoms in total. The topological polar surface area (TPSA) is 52.0 Å². The molecule has 0 spiro atoms. The van der Waals surface area contributed by atoms with Crippen LogP contribution in [0.3, 0.4) is 0 Å². The zero-order chi connectivity index (χ0) is 21.7. The van der Waals surface area contributed by atoms with E-state index in [4.69, 9.17) is 0 Å². The zero-order valence-corrected chi connectivity index (χ0v) is 19.6. The average molecular weight is 413 g/mol. The van der Waals surface area contributed by atoms with E-state index in [1.165, 1.54) is 9.54 Å². The lowest BCUT2D eigenvalue weighted by molar-refractivity contribution is 0.581. The molecule has 2 aromatic carbocycles. The highest BCUT2D eigenvalue weighted by Crippen LogP contribution is 2.37. The van der Waals surface area contributed by atoms with Crippen LogP contribution >= 0.6 is 0 Å². The van der Waals surface area contributed by atoms with Gasteiger partial charge < -0.3 is 0 Å². The van der Waals surface area contributed by atoms with E-state index in [2.05, 4.69) is 58.7 Å². The predicted molar refractivity (Wildman–Crippen MR) is 120 cm³/mol. The highest BCUT2D eigenvalue weighted by atomic mass is 32.2. The van der Waals surface area contributed by atoms with Crippen molar-refractivity contribution in [2.24, 2.45) is 0 Å². The van der Waals surface area contributed by atoms with Crippen LogP contribution in [0.25, 0.3) is 11.0 Å². The summed E-state index contributed by atoms with van der Waals surface area (Å²) in [5.41, 5.74) is 5.30. The van der Waals surface area contributed by atoms with Crippen LogP contribution in [0.5, 0.6) is 0 Å². The Balaban J connectivity index is 2.44. The van der Waals surface area contributed by atoms with E-state index in [1.54, 1.807) is 6.92 Å². The Kier molecular flexibility index (Phi) is 5.65. The van der Waals surface area contributed by atoms with E-state index in [-0.39, 0.29) is 11.8 Å². The largest absolute Gasteiger partial charge is 0.270 e. The Morgan fingerprint density at radius 1 is 0.828 bits per heavy atom. The van der Waals surface area contributed by atoms with Crippen molar-refractivity contribution in [1.82, 2.24) is 8.96 Å². The number of benzene rings is 2. The fourth-order valence-electron chi connectivity index (χ4n) is 3.87. The molecule has 29 heavy (non-hydrogen) atoms. The molecule has 0 fully saturated rings. The number of nitrogens with zero attached hydrogens (tertiary/aromatic N) is 2. The van der Waals surface area contributed by atoms with Gasteiger partial charge in [-0.2, -0.15) is 0 Å². The summed E-state index contributed by atoms with van der Waals surface area (Å²) in [7, 11) is -3.81. The summed E-state index contributed by atoms with van der Waals surface area (Å²) in [6.07, 6.45) is 0. The van der Waals surface area contributed by atoms with Crippen LogP contribution < -0.4 is 0 Å². The summed E-state index contributed by atoms with van der Waals surface area (Å²) in [5.74, 6) is 1.00. The lowest BCUT2D eigenvalue weighted by Crippen LogP contribution is -2.20. The van der Waals surface area contributed by atoms with Crippen molar-refractivity contribution < 1.29 is 8.42 Å². The van der Waals surface area contributed by atoms with E-state index in [9.17, 15) is 8.42 Å². The van der Waals surface area contributed by atoms with Crippen molar-refractivity contribution in [2.75, 3.05) is 0 Å². The van der Waals surface area contributed by atoms with Gasteiger partial charge in [0.1, 0.15) is 5.82 Å². The highest BCUT2D eigenvalue weighted by Gasteiger charge is 2.30. The van der Waals surface area contributed by atoms with Gasteiger partial charge in [-0.25, -0.2) is 17.4 Å². The molecule has 5 heteroatoms. The summed E-state index contributed by atoms with van der Waals surface area (Å²) in [5, 5.41) is 0. The molecule has 0 N–H and O–H groups in total. The first-order valence-corrected chi connectivity index (χ1v) is 11.8. The minimum Gasteiger partial charge on any atom is -0.232 e. The van der Waals surface area contributed by atoms with Crippen LogP contribution in [0.4, 0.5) is 0 Å². The van der Waals surface area contributed by atoms with Crippen LogP contribution in [-0.4, -0.2) is 17.4 Å². The minimum atomic E-state index is -3.81. The van der Waals surface area contributed by atoms with E-state index >= 15 is 0 Å². The fourth-order valence-corrected chi connectivity index (χ4v) is 6.03. The third-order valence-electron chi connectivity index (χ3n) is 5.50. The summed E-state index contributed by atoms with van der Waals surface area (Å²) >= 11 is 0. The molecule has 3 aromatic rings. The van der Waals surface area contributed by atoms with E-state index in [0.717, 1.165) is 16.7 Å². The van der Waals surface area contributed by atoms with Crippen LogP contribution in [0.15, 0.2) is 35.2 Å². The van der Waals surface area contributed by atoms with Gasteiger partial charge in [0.25, 0.3) is 10.0 Å². The molecule has 0 saturated heterocycles. The molecule has 0 amide bonds. The second-order valence-electron chi connectivity index (χ2n) is 8.91. The number of hydrogen-bond donors (Lipinski definition) is 0. The quantitative estimate of drug-likeness (QED) is 0.497. The Hall–Kier alpha value is -2.14. The van der Waals surface area contributed by atoms with Gasteiger partial charge in [0.2, 0.25) is 0 Å². The van der Waals surface area contributed by atoms with Gasteiger partial charge in [-0.1, -0.05) is 59.7 Å². The van der Waals surface area contributed by atoms with Crippen molar-refractivity contribution in [1.29, 1.82) is 0 Å². The second kappa shape index (κ2) is 7.60. The van der Waals surface area contributed by atoms with Crippen LogP contribution in [-0.2, 0) is 10.0 Å². The summed E-state index contributed by atoms with van der Waals surface area (Å²) in [4.78, 5) is 4.97. The molecule has 0 saturated carbocycles. The Labute approximate surface area is 175 Å². The van der Waals surface area contributed by atoms with Crippen molar-refractivity contribution in [3.63, 3.8) is 0 Å². The van der Waals surface area contributed by atoms with Crippen LogP contribution in [0.1, 0.15) is 87.4 Å². The van der Waals surface area contributed by atoms with Gasteiger partial charge in [0.05, 0.1) is 15.9 Å². The smallest absolute Gasteiger partial charge is 0.232 e. The van der Waals surface area contributed by atoms with E-state index < -0.39 is 10.0 Å². The Morgan fingerprint density at radius 3 is 1.86 bits per heavy atom. The molecule has 0 radical (unpaired) electrons. The standard InChI is InChI=1S/C24H32N2O2S/c1-14(2)19-12-20(15(3)4)24(21(13-19)16(5)6)29(27,28)26-18(8)25-22-10-9-17(7)11-23(22)26/h9-16H,1-8H3. The van der Waals surface area contributed by atoms with Crippen molar-refractivity contribution in [3.8, 4) is 0 Å². The summed E-state index contributed by atoms with van der Waals surface area (Å²) in [6.45, 7) is 16.3. The molecule has 156 valence electrons. The second-order valence-corrected chi connectivity index (χ2v) is 10.6. The molecule has 0 atom stereocenters. The number of rotatable bonds is 5. The Bertz CT molecular complexity index is 1140. The summed E-state index contributed by atoms with van der Waals surface area (Å²) in [6, 6.07) is 9.90. The van der Waals surface area contributed by atoms with Crippen molar-refractivity contribution >= 4 is 21.1 Å². The Morgan fingerprint density at radius 2 is 1.38 bits per heavy atom. The molecule has 0 aliphatic heterocycles. The number of imidazole rings is 1. The van der Waals surface area contributed by atoms with Crippen molar-refractivity contribution in [2.45, 2.75) is 78.0 Å². The van der Waals surface area contributed by atoms with Gasteiger partial charge in [-0.3, -0.25) is 0 Å². The zero-order valence-electron chi connectivity index (χ0n) is 18.7. The van der Waals surface area contributed by atoms with Gasteiger partial charge in [0.15, 0.2) is 0 Å². The monoisotopic (exact) mass is 412 g/mol. The van der Waals surface area contributed by atoms with E-state index in [1.807, 2.05) is 25.1 Å². The maximum Gasteiger partial charge on any atom is 0.270 e. The number of aryl methyl sites for hydroxylation is 2. The molecule has 0 aliphatic carbocycles. The third kappa shape index (κ3) is 3.73. The molecule has 0 bridgehead atoms. The minimum absolute atomic E-state index is 0.0906. The fraction of sp³-hybridized carbons (Fsp3) is 0.458. The molecule has 0 aliphatic rings.